The van der Waals surface area contributed by atoms with E-state index in [1.54, 1.807) is 0 Å². The second kappa shape index (κ2) is 9.21. The molecule has 3 heteroatoms. The minimum Gasteiger partial charge on any atom is -0.312 e. The highest BCUT2D eigenvalue weighted by molar-refractivity contribution is 7.12. The molecule has 0 aliphatic rings. The van der Waals surface area contributed by atoms with Crippen molar-refractivity contribution in [2.24, 2.45) is 0 Å². The van der Waals surface area contributed by atoms with Crippen LogP contribution in [0.2, 0.25) is 0 Å². The Balaban J connectivity index is 1.89. The number of aromatic nitrogens is 2. The Labute approximate surface area is 200 Å². The van der Waals surface area contributed by atoms with E-state index in [4.69, 9.17) is 4.98 Å². The molecule has 163 valence electrons. The van der Waals surface area contributed by atoms with Gasteiger partial charge in [-0.2, -0.15) is 0 Å². The predicted octanol–water partition coefficient (Wildman–Crippen LogP) is 7.38. The summed E-state index contributed by atoms with van der Waals surface area (Å²) in [5.41, 5.74) is 4.22. The van der Waals surface area contributed by atoms with Gasteiger partial charge < -0.3 is 4.57 Å². The topological polar surface area (TPSA) is 17.8 Å². The molecule has 0 saturated heterocycles. The van der Waals surface area contributed by atoms with Crippen molar-refractivity contribution in [1.29, 1.82) is 0 Å². The summed E-state index contributed by atoms with van der Waals surface area (Å²) in [5, 5.41) is 0. The molecule has 0 saturated carbocycles. The quantitative estimate of drug-likeness (QED) is 0.238. The number of thiophene rings is 1. The molecule has 0 bridgehead atoms. The first-order valence-electron chi connectivity index (χ1n) is 11.5. The van der Waals surface area contributed by atoms with E-state index >= 15 is 0 Å². The summed E-state index contributed by atoms with van der Waals surface area (Å²) >= 11 is 1.90. The van der Waals surface area contributed by atoms with Crippen LogP contribution in [0.5, 0.6) is 0 Å². The normalized spacial score (nSPS) is 11.6. The van der Waals surface area contributed by atoms with Crippen molar-refractivity contribution in [3.8, 4) is 11.4 Å². The molecule has 5 rings (SSSR count). The molecule has 0 N–H and O–H groups in total. The zero-order chi connectivity index (χ0) is 22.7. The number of imidazole rings is 1. The number of rotatable bonds is 7. The van der Waals surface area contributed by atoms with Crippen molar-refractivity contribution in [3.05, 3.63) is 136 Å². The summed E-state index contributed by atoms with van der Waals surface area (Å²) in [5.74, 6) is 0.958. The summed E-state index contributed by atoms with van der Waals surface area (Å²) in [4.78, 5) is 7.59. The van der Waals surface area contributed by atoms with Crippen molar-refractivity contribution in [2.45, 2.75) is 32.2 Å². The molecule has 1 radical (unpaired) electrons. The minimum absolute atomic E-state index is 0.578. The van der Waals surface area contributed by atoms with E-state index in [9.17, 15) is 0 Å². The predicted molar refractivity (Wildman–Crippen MR) is 138 cm³/mol. The fourth-order valence-electron chi connectivity index (χ4n) is 4.77. The van der Waals surface area contributed by atoms with Crippen LogP contribution in [0, 0.1) is 6.20 Å². The molecule has 0 fully saturated rings. The van der Waals surface area contributed by atoms with Crippen molar-refractivity contribution in [2.75, 3.05) is 0 Å². The molecule has 5 aromatic rings. The van der Waals surface area contributed by atoms with Crippen molar-refractivity contribution in [1.82, 2.24) is 9.55 Å². The number of hydrogen-bond donors (Lipinski definition) is 0. The lowest BCUT2D eigenvalue weighted by atomic mass is 9.76. The van der Waals surface area contributed by atoms with Gasteiger partial charge in [-0.25, -0.2) is 4.98 Å². The average Bonchev–Trinajstić information content (AvgIpc) is 3.54. The van der Waals surface area contributed by atoms with Crippen LogP contribution >= 0.6 is 11.3 Å². The minimum atomic E-state index is -0.578. The Bertz CT molecular complexity index is 1220. The molecule has 0 atom stereocenters. The molecular formula is C30H27N2S. The van der Waals surface area contributed by atoms with E-state index in [-0.39, 0.29) is 0 Å². The van der Waals surface area contributed by atoms with Crippen LogP contribution in [0.15, 0.2) is 103 Å². The van der Waals surface area contributed by atoms with Gasteiger partial charge in [0.2, 0.25) is 0 Å². The van der Waals surface area contributed by atoms with Crippen molar-refractivity contribution >= 4 is 11.3 Å². The molecule has 3 aromatic carbocycles. The van der Waals surface area contributed by atoms with E-state index in [0.29, 0.717) is 0 Å². The molecule has 0 spiro atoms. The van der Waals surface area contributed by atoms with Crippen LogP contribution in [0.1, 0.15) is 40.3 Å². The third-order valence-corrected chi connectivity index (χ3v) is 7.72. The maximum atomic E-state index is 4.83. The highest BCUT2D eigenvalue weighted by atomic mass is 32.1. The maximum absolute atomic E-state index is 4.83. The second-order valence-corrected chi connectivity index (χ2v) is 9.35. The molecular weight excluding hydrogens is 420 g/mol. The monoisotopic (exact) mass is 447 g/mol. The number of nitrogens with zero attached hydrogens (tertiary/aromatic N) is 2. The lowest BCUT2D eigenvalue weighted by Gasteiger charge is -2.38. The van der Waals surface area contributed by atoms with Crippen LogP contribution in [-0.4, -0.2) is 9.55 Å². The van der Waals surface area contributed by atoms with Gasteiger partial charge in [0, 0.05) is 21.5 Å². The summed E-state index contributed by atoms with van der Waals surface area (Å²) in [6.45, 7) is 4.44. The van der Waals surface area contributed by atoms with Gasteiger partial charge in [0.05, 0.1) is 0 Å². The lowest BCUT2D eigenvalue weighted by Crippen LogP contribution is -2.37. The lowest BCUT2D eigenvalue weighted by molar-refractivity contribution is 0.520. The highest BCUT2D eigenvalue weighted by Gasteiger charge is 2.40. The summed E-state index contributed by atoms with van der Waals surface area (Å²) < 4.78 is 2.33. The van der Waals surface area contributed by atoms with Gasteiger partial charge in [0.15, 0.2) is 0 Å². The van der Waals surface area contributed by atoms with Crippen LogP contribution in [-0.2, 0) is 18.4 Å². The SMILES string of the molecule is CCc1cc(-c2n[c]cn2C(c2ccccc2)(c2ccccc2)c2ccccc2)c(CC)s1. The van der Waals surface area contributed by atoms with Gasteiger partial charge in [-0.3, -0.25) is 0 Å². The summed E-state index contributed by atoms with van der Waals surface area (Å²) in [6.07, 6.45) is 7.25. The third kappa shape index (κ3) is 3.63. The Morgan fingerprint density at radius 3 is 1.73 bits per heavy atom. The summed E-state index contributed by atoms with van der Waals surface area (Å²) in [6, 6.07) is 34.6. The zero-order valence-corrected chi connectivity index (χ0v) is 19.8. The Kier molecular flexibility index (Phi) is 5.97. The molecule has 0 aliphatic heterocycles. The Morgan fingerprint density at radius 1 is 0.758 bits per heavy atom. The van der Waals surface area contributed by atoms with Gasteiger partial charge in [-0.15, -0.1) is 11.3 Å². The molecule has 2 aromatic heterocycles. The largest absolute Gasteiger partial charge is 0.312 e. The van der Waals surface area contributed by atoms with Gasteiger partial charge >= 0.3 is 0 Å². The van der Waals surface area contributed by atoms with E-state index in [1.165, 1.54) is 32.0 Å². The first kappa shape index (κ1) is 21.4. The zero-order valence-electron chi connectivity index (χ0n) is 19.0. The van der Waals surface area contributed by atoms with Crippen LogP contribution in [0.3, 0.4) is 0 Å². The van der Waals surface area contributed by atoms with E-state index in [2.05, 4.69) is 122 Å². The van der Waals surface area contributed by atoms with E-state index in [0.717, 1.165) is 18.7 Å². The maximum Gasteiger partial charge on any atom is 0.143 e. The summed E-state index contributed by atoms with van der Waals surface area (Å²) in [7, 11) is 0. The molecule has 33 heavy (non-hydrogen) atoms. The molecule has 2 nitrogen and oxygen atoms in total. The molecule has 0 unspecified atom stereocenters. The standard InChI is InChI=1S/C30H27N2S/c1-3-26-22-27(28(4-2)33-26)29-31-20-21-32(29)30(23-14-8-5-9-15-23,24-16-10-6-11-17-24)25-18-12-7-13-19-25/h5-19,21-22H,3-4H2,1-2H3. The molecule has 0 amide bonds. The van der Waals surface area contributed by atoms with Crippen LogP contribution in [0.25, 0.3) is 11.4 Å². The fourth-order valence-corrected chi connectivity index (χ4v) is 5.82. The van der Waals surface area contributed by atoms with Gasteiger partial charge in [-0.1, -0.05) is 105 Å². The third-order valence-electron chi connectivity index (χ3n) is 6.29. The number of benzene rings is 3. The number of hydrogen-bond acceptors (Lipinski definition) is 2. The number of aryl methyl sites for hydroxylation is 2. The van der Waals surface area contributed by atoms with Gasteiger partial charge in [-0.05, 0) is 35.6 Å². The smallest absolute Gasteiger partial charge is 0.143 e. The van der Waals surface area contributed by atoms with Gasteiger partial charge in [0.25, 0.3) is 0 Å². The van der Waals surface area contributed by atoms with Crippen molar-refractivity contribution < 1.29 is 0 Å². The molecule has 0 aliphatic carbocycles. The Morgan fingerprint density at radius 2 is 1.27 bits per heavy atom. The second-order valence-electron chi connectivity index (χ2n) is 8.13. The van der Waals surface area contributed by atoms with E-state index in [1.807, 2.05) is 17.5 Å². The Hall–Kier alpha value is -3.43. The first-order chi connectivity index (χ1) is 16.3. The van der Waals surface area contributed by atoms with E-state index < -0.39 is 5.54 Å². The van der Waals surface area contributed by atoms with Crippen LogP contribution in [0.4, 0.5) is 0 Å². The fraction of sp³-hybridized carbons (Fsp3) is 0.167. The first-order valence-corrected chi connectivity index (χ1v) is 12.3. The molecule has 2 heterocycles. The highest BCUT2D eigenvalue weighted by Crippen LogP contribution is 2.44. The van der Waals surface area contributed by atoms with Crippen molar-refractivity contribution in [3.63, 3.8) is 0 Å². The van der Waals surface area contributed by atoms with Gasteiger partial charge in [0.1, 0.15) is 17.6 Å². The van der Waals surface area contributed by atoms with Crippen LogP contribution < -0.4 is 0 Å². The average molecular weight is 448 g/mol.